The molecule has 0 spiro atoms. The standard InChI is InChI=1S/C17H25GeN5O2/c1-17(2,3)25-16(24)19-10-12-7-8-14(18(4,5)6)13(9-12)15-22-20-11-21-23-15/h7-9,11H,10H2,1-6H3,(H,19,24). The zero-order valence-corrected chi connectivity index (χ0v) is 17.7. The summed E-state index contributed by atoms with van der Waals surface area (Å²) in [6, 6.07) is 6.14. The summed E-state index contributed by atoms with van der Waals surface area (Å²) in [5, 5.41) is 18.7. The summed E-state index contributed by atoms with van der Waals surface area (Å²) in [5.41, 5.74) is 1.37. The van der Waals surface area contributed by atoms with Crippen LogP contribution in [0.4, 0.5) is 4.79 Å². The molecule has 0 saturated carbocycles. The van der Waals surface area contributed by atoms with Crippen LogP contribution in [0.3, 0.4) is 0 Å². The Morgan fingerprint density at radius 3 is 2.36 bits per heavy atom. The first-order valence-electron chi connectivity index (χ1n) is 8.17. The van der Waals surface area contributed by atoms with Gasteiger partial charge in [0.05, 0.1) is 0 Å². The predicted octanol–water partition coefficient (Wildman–Crippen LogP) is 2.50. The monoisotopic (exact) mass is 405 g/mol. The normalized spacial score (nSPS) is 11.9. The van der Waals surface area contributed by atoms with Crippen LogP contribution in [-0.2, 0) is 11.3 Å². The predicted molar refractivity (Wildman–Crippen MR) is 99.1 cm³/mol. The van der Waals surface area contributed by atoms with Crippen molar-refractivity contribution in [1.29, 1.82) is 0 Å². The number of aromatic nitrogens is 4. The number of amides is 1. The number of carbonyl (C=O) groups excluding carboxylic acids is 1. The molecule has 0 atom stereocenters. The van der Waals surface area contributed by atoms with Gasteiger partial charge >= 0.3 is 151 Å². The van der Waals surface area contributed by atoms with Gasteiger partial charge in [-0.3, -0.25) is 0 Å². The second-order valence-corrected chi connectivity index (χ2v) is 18.4. The summed E-state index contributed by atoms with van der Waals surface area (Å²) in [7, 11) is 0. The summed E-state index contributed by atoms with van der Waals surface area (Å²) in [4.78, 5) is 11.8. The number of hydrogen-bond acceptors (Lipinski definition) is 6. The molecule has 134 valence electrons. The van der Waals surface area contributed by atoms with Crippen molar-refractivity contribution >= 4 is 23.8 Å². The first-order chi connectivity index (χ1) is 11.6. The molecule has 1 N–H and O–H groups in total. The SMILES string of the molecule is CC(C)(C)OC(=O)NCc1cc[c]([Ge]([CH3])([CH3])[CH3])c(-c2nncnn2)c1. The Bertz CT molecular complexity index is 739. The summed E-state index contributed by atoms with van der Waals surface area (Å²) in [6.45, 7) is 5.87. The zero-order valence-electron chi connectivity index (χ0n) is 15.6. The zero-order chi connectivity index (χ0) is 18.7. The van der Waals surface area contributed by atoms with Crippen LogP contribution in [0.5, 0.6) is 0 Å². The van der Waals surface area contributed by atoms with Gasteiger partial charge in [-0.25, -0.2) is 0 Å². The van der Waals surface area contributed by atoms with E-state index in [1.54, 1.807) is 0 Å². The van der Waals surface area contributed by atoms with Gasteiger partial charge in [-0.1, -0.05) is 0 Å². The van der Waals surface area contributed by atoms with Gasteiger partial charge in [-0.05, 0) is 0 Å². The van der Waals surface area contributed by atoms with Crippen LogP contribution >= 0.6 is 0 Å². The van der Waals surface area contributed by atoms with Crippen LogP contribution in [0.25, 0.3) is 11.4 Å². The Balaban J connectivity index is 2.26. The molecule has 2 rings (SSSR count). The average Bonchev–Trinajstić information content (AvgIpc) is 2.51. The van der Waals surface area contributed by atoms with Gasteiger partial charge in [0, 0.05) is 0 Å². The topological polar surface area (TPSA) is 89.9 Å². The molecular weight excluding hydrogens is 379 g/mol. The molecule has 1 aromatic carbocycles. The Morgan fingerprint density at radius 1 is 1.16 bits per heavy atom. The van der Waals surface area contributed by atoms with Gasteiger partial charge in [-0.2, -0.15) is 0 Å². The number of carbonyl (C=O) groups is 1. The minimum atomic E-state index is -2.14. The summed E-state index contributed by atoms with van der Waals surface area (Å²) in [6.07, 6.45) is 0.876. The van der Waals surface area contributed by atoms with E-state index < -0.39 is 25.0 Å². The van der Waals surface area contributed by atoms with Gasteiger partial charge < -0.3 is 0 Å². The number of hydrogen-bond donors (Lipinski definition) is 1. The number of nitrogens with one attached hydrogen (secondary N) is 1. The van der Waals surface area contributed by atoms with Crippen molar-refractivity contribution in [1.82, 2.24) is 25.7 Å². The number of nitrogens with zero attached hydrogens (tertiary/aromatic N) is 4. The molecule has 0 fully saturated rings. The molecule has 0 unspecified atom stereocenters. The van der Waals surface area contributed by atoms with Crippen molar-refractivity contribution < 1.29 is 9.53 Å². The van der Waals surface area contributed by atoms with Crippen molar-refractivity contribution in [3.05, 3.63) is 30.1 Å². The molecule has 1 heterocycles. The number of benzene rings is 1. The van der Waals surface area contributed by atoms with Crippen LogP contribution in [0.1, 0.15) is 26.3 Å². The molecule has 0 aliphatic heterocycles. The van der Waals surface area contributed by atoms with Gasteiger partial charge in [0.15, 0.2) is 0 Å². The minimum absolute atomic E-state index is 0.368. The molecule has 2 aromatic rings. The van der Waals surface area contributed by atoms with Gasteiger partial charge in [-0.15, -0.1) is 0 Å². The molecule has 0 aliphatic rings. The van der Waals surface area contributed by atoms with E-state index >= 15 is 0 Å². The van der Waals surface area contributed by atoms with Crippen molar-refractivity contribution in [2.24, 2.45) is 0 Å². The third-order valence-electron chi connectivity index (χ3n) is 3.38. The molecule has 0 bridgehead atoms. The summed E-state index contributed by atoms with van der Waals surface area (Å²) >= 11 is -2.14. The van der Waals surface area contributed by atoms with E-state index in [0.717, 1.165) is 11.1 Å². The van der Waals surface area contributed by atoms with Crippen LogP contribution < -0.4 is 9.71 Å². The molecule has 0 saturated heterocycles. The van der Waals surface area contributed by atoms with E-state index in [2.05, 4.69) is 49.0 Å². The third kappa shape index (κ3) is 5.77. The van der Waals surface area contributed by atoms with E-state index in [-0.39, 0.29) is 0 Å². The van der Waals surface area contributed by atoms with Gasteiger partial charge in [0.2, 0.25) is 0 Å². The molecular formula is C17H25GeN5O2. The fraction of sp³-hybridized carbons (Fsp3) is 0.471. The molecule has 1 amide bonds. The van der Waals surface area contributed by atoms with Crippen LogP contribution in [-0.4, -0.2) is 45.4 Å². The Hall–Kier alpha value is -2.03. The Morgan fingerprint density at radius 2 is 1.80 bits per heavy atom. The molecule has 7 nitrogen and oxygen atoms in total. The molecule has 0 radical (unpaired) electrons. The molecule has 1 aromatic heterocycles. The van der Waals surface area contributed by atoms with E-state index in [9.17, 15) is 4.79 Å². The van der Waals surface area contributed by atoms with Gasteiger partial charge in [0.1, 0.15) is 0 Å². The van der Waals surface area contributed by atoms with Crippen molar-refractivity contribution in [3.8, 4) is 11.4 Å². The molecule has 0 aliphatic carbocycles. The second-order valence-electron chi connectivity index (χ2n) is 7.86. The van der Waals surface area contributed by atoms with Crippen molar-refractivity contribution in [3.63, 3.8) is 0 Å². The van der Waals surface area contributed by atoms with E-state index in [1.807, 2.05) is 32.9 Å². The van der Waals surface area contributed by atoms with Crippen molar-refractivity contribution in [2.45, 2.75) is 50.2 Å². The van der Waals surface area contributed by atoms with Crippen LogP contribution in [0, 0.1) is 0 Å². The Labute approximate surface area is 151 Å². The van der Waals surface area contributed by atoms with Crippen LogP contribution in [0.15, 0.2) is 24.5 Å². The maximum atomic E-state index is 11.8. The number of alkyl carbamates (subject to hydrolysis) is 1. The first kappa shape index (κ1) is 19.3. The van der Waals surface area contributed by atoms with Gasteiger partial charge in [0.25, 0.3) is 0 Å². The summed E-state index contributed by atoms with van der Waals surface area (Å²) in [5.74, 6) is 7.43. The van der Waals surface area contributed by atoms with E-state index in [0.29, 0.717) is 12.4 Å². The number of rotatable bonds is 4. The maximum absolute atomic E-state index is 11.8. The van der Waals surface area contributed by atoms with E-state index in [1.165, 1.54) is 10.7 Å². The average molecular weight is 404 g/mol. The quantitative estimate of drug-likeness (QED) is 0.788. The Kier molecular flexibility index (Phi) is 5.77. The fourth-order valence-electron chi connectivity index (χ4n) is 2.34. The second kappa shape index (κ2) is 7.47. The van der Waals surface area contributed by atoms with Crippen molar-refractivity contribution in [2.75, 3.05) is 0 Å². The molecule has 25 heavy (non-hydrogen) atoms. The first-order valence-corrected chi connectivity index (χ1v) is 15.5. The fourth-order valence-corrected chi connectivity index (χ4v) is 5.65. The summed E-state index contributed by atoms with van der Waals surface area (Å²) < 4.78 is 6.54. The molecule has 8 heteroatoms. The van der Waals surface area contributed by atoms with Crippen LogP contribution in [0.2, 0.25) is 17.3 Å². The van der Waals surface area contributed by atoms with E-state index in [4.69, 9.17) is 4.74 Å². The number of ether oxygens (including phenoxy) is 1. The third-order valence-corrected chi connectivity index (χ3v) is 7.68.